The maximum atomic E-state index is 9.12. The summed E-state index contributed by atoms with van der Waals surface area (Å²) in [6.07, 6.45) is 5.13. The van der Waals surface area contributed by atoms with E-state index in [-0.39, 0.29) is 88.0 Å². The molecule has 0 aliphatic rings. The molecule has 6 heteroatoms. The molecule has 0 atom stereocenters. The van der Waals surface area contributed by atoms with Crippen molar-refractivity contribution in [2.45, 2.75) is 26.2 Å². The van der Waals surface area contributed by atoms with Gasteiger partial charge in [-0.2, -0.15) is 18.2 Å². The van der Waals surface area contributed by atoms with Gasteiger partial charge >= 0.3 is 0 Å². The van der Waals surface area contributed by atoms with Gasteiger partial charge in [-0.15, -0.1) is 29.7 Å². The summed E-state index contributed by atoms with van der Waals surface area (Å²) in [4.78, 5) is 4.79. The predicted molar refractivity (Wildman–Crippen MR) is 255 cm³/mol. The fraction of sp³-hybridized carbons (Fsp3) is 0.0690. The first-order valence-electron chi connectivity index (χ1n) is 27.6. The van der Waals surface area contributed by atoms with E-state index >= 15 is 0 Å². The quantitative estimate of drug-likeness (QED) is 0.112. The average Bonchev–Trinajstić information content (AvgIpc) is 4.24. The third-order valence-corrected chi connectivity index (χ3v) is 10.9. The summed E-state index contributed by atoms with van der Waals surface area (Å²) >= 11 is 0. The maximum absolute atomic E-state index is 9.12. The Labute approximate surface area is 408 Å². The van der Waals surface area contributed by atoms with Crippen molar-refractivity contribution >= 4 is 32.8 Å². The first kappa shape index (κ1) is 27.0. The molecule has 11 aromatic rings. The van der Waals surface area contributed by atoms with Crippen LogP contribution in [0.1, 0.15) is 46.9 Å². The molecular weight excluding hydrogens is 964 g/mol. The smallest absolute Gasteiger partial charge is 0.268 e. The van der Waals surface area contributed by atoms with Gasteiger partial charge in [0, 0.05) is 44.3 Å². The summed E-state index contributed by atoms with van der Waals surface area (Å²) in [6.45, 7) is 6.41. The summed E-state index contributed by atoms with van der Waals surface area (Å²) in [5.41, 5.74) is 3.02. The summed E-state index contributed by atoms with van der Waals surface area (Å²) in [6, 6.07) is 28.2. The van der Waals surface area contributed by atoms with Crippen molar-refractivity contribution in [2.24, 2.45) is 0 Å². The molecule has 3 heterocycles. The van der Waals surface area contributed by atoms with E-state index in [9.17, 15) is 0 Å². The predicted octanol–water partition coefficient (Wildman–Crippen LogP) is 13.9. The van der Waals surface area contributed by atoms with E-state index in [1.807, 2.05) is 41.0 Å². The van der Waals surface area contributed by atoms with E-state index in [0.717, 1.165) is 21.9 Å². The molecule has 0 radical (unpaired) electrons. The van der Waals surface area contributed by atoms with Crippen LogP contribution < -0.4 is 9.30 Å². The van der Waals surface area contributed by atoms with Crippen molar-refractivity contribution in [3.05, 3.63) is 224 Å². The summed E-state index contributed by atoms with van der Waals surface area (Å²) in [5.74, 6) is 1.26. The second-order valence-electron chi connectivity index (χ2n) is 15.8. The van der Waals surface area contributed by atoms with E-state index < -0.39 is 90.6 Å². The molecule has 0 saturated heterocycles. The van der Waals surface area contributed by atoms with Gasteiger partial charge in [-0.05, 0) is 79.7 Å². The number of rotatable bonds is 8. The molecule has 0 saturated carbocycles. The van der Waals surface area contributed by atoms with Crippen LogP contribution in [0.3, 0.4) is 0 Å². The number of pyridine rings is 1. The van der Waals surface area contributed by atoms with E-state index in [1.165, 1.54) is 28.8 Å². The topological polar surface area (TPSA) is 35.9 Å². The van der Waals surface area contributed by atoms with Crippen LogP contribution in [0.15, 0.2) is 200 Å². The first-order chi connectivity index (χ1) is 37.1. The van der Waals surface area contributed by atoms with Crippen molar-refractivity contribution in [1.29, 1.82) is 0 Å². The number of hydrogen-bond donors (Lipinski definition) is 0. The second-order valence-corrected chi connectivity index (χ2v) is 15.8. The molecular formula is C58H42N4OPt-2. The number of benzene rings is 8. The van der Waals surface area contributed by atoms with Gasteiger partial charge in [-0.3, -0.25) is 4.57 Å². The number of nitrogens with zero attached hydrogens (tertiary/aromatic N) is 4. The standard InChI is InChI=1S/C58H42N4O.Pt/c1-58(2,3)44-33-34-59-56(36-44)62-52-28-14-13-25-50(52)51-31-30-47(38-54(51)62)63-46-24-15-23-45(37-46)60-39-61(53-32-29-43(35-55(53)60)40-17-7-4-8-18-40)57-48(41-19-9-5-10-20-41)26-16-27-49(57)42-21-11-6-12-22-42;/h4-36H,1-3H3;/q-2;/i4D,5D,6D,7D,8D,9D,10D,11D,12D,17D,18D,19D,20D,21D,22D;. The fourth-order valence-corrected chi connectivity index (χ4v) is 7.88. The SMILES string of the molecule is [2H]c1c([2H])c([2H])c(-c2ccc3c(c2)n(-c2[c-]c(Oc4[c-]c5c(cc4)c4ccccc4n5-c4cc(C(C)(C)C)ccn4)ccc2)[c-][n+]3-c2c(-c3c([2H])c([2H])c([2H])c([2H])c3[2H])cccc2-c2c([2H])c([2H])c([2H])c([2H])c2[2H])c([2H])c1[2H].[Pt]. The van der Waals surface area contributed by atoms with Crippen molar-refractivity contribution < 1.29 is 50.9 Å². The number of para-hydroxylation sites is 2. The molecule has 8 aromatic carbocycles. The van der Waals surface area contributed by atoms with Crippen LogP contribution in [0.4, 0.5) is 0 Å². The zero-order chi connectivity index (χ0) is 55.5. The minimum atomic E-state index is -0.645. The molecule has 5 nitrogen and oxygen atoms in total. The third kappa shape index (κ3) is 7.42. The van der Waals surface area contributed by atoms with Crippen LogP contribution in [0, 0.1) is 18.5 Å². The van der Waals surface area contributed by atoms with Gasteiger partial charge in [0.1, 0.15) is 5.82 Å². The van der Waals surface area contributed by atoms with Gasteiger partial charge in [-0.1, -0.05) is 165 Å². The Bertz CT molecular complexity index is 4200. The summed E-state index contributed by atoms with van der Waals surface area (Å²) < 4.78 is 143. The molecule has 64 heavy (non-hydrogen) atoms. The summed E-state index contributed by atoms with van der Waals surface area (Å²) in [5, 5.41) is 1.90. The van der Waals surface area contributed by atoms with Crippen molar-refractivity contribution in [3.8, 4) is 62.1 Å². The molecule has 3 aromatic heterocycles. The molecule has 312 valence electrons. The van der Waals surface area contributed by atoms with Crippen molar-refractivity contribution in [1.82, 2.24) is 14.1 Å². The molecule has 0 aliphatic carbocycles. The van der Waals surface area contributed by atoms with Crippen LogP contribution >= 0.6 is 0 Å². The van der Waals surface area contributed by atoms with Gasteiger partial charge in [0.05, 0.1) is 37.3 Å². The Morgan fingerprint density at radius 3 is 1.95 bits per heavy atom. The van der Waals surface area contributed by atoms with Crippen LogP contribution in [-0.4, -0.2) is 14.1 Å². The Balaban J connectivity index is 0.00000704. The normalized spacial score (nSPS) is 14.8. The zero-order valence-corrected chi connectivity index (χ0v) is 36.7. The second kappa shape index (κ2) is 16.7. The van der Waals surface area contributed by atoms with E-state index in [1.54, 1.807) is 47.2 Å². The van der Waals surface area contributed by atoms with Crippen LogP contribution in [-0.2, 0) is 26.5 Å². The number of aromatic nitrogens is 4. The van der Waals surface area contributed by atoms with Gasteiger partial charge < -0.3 is 13.9 Å². The monoisotopic (exact) mass is 1020 g/mol. The van der Waals surface area contributed by atoms with E-state index in [2.05, 4.69) is 45.3 Å². The van der Waals surface area contributed by atoms with E-state index in [4.69, 9.17) is 30.3 Å². The molecule has 0 N–H and O–H groups in total. The number of imidazole rings is 1. The van der Waals surface area contributed by atoms with Gasteiger partial charge in [-0.25, -0.2) is 4.98 Å². The molecule has 11 rings (SSSR count). The molecule has 0 amide bonds. The Morgan fingerprint density at radius 1 is 0.594 bits per heavy atom. The number of fused-ring (bicyclic) bond motifs is 4. The van der Waals surface area contributed by atoms with Crippen molar-refractivity contribution in [3.63, 3.8) is 0 Å². The molecule has 0 fully saturated rings. The Hall–Kier alpha value is -7.33. The number of hydrogen-bond acceptors (Lipinski definition) is 2. The van der Waals surface area contributed by atoms with Gasteiger partial charge in [0.25, 0.3) is 6.33 Å². The molecule has 0 bridgehead atoms. The molecule has 0 aliphatic heterocycles. The van der Waals surface area contributed by atoms with Gasteiger partial charge in [0.2, 0.25) is 0 Å². The van der Waals surface area contributed by atoms with Crippen LogP contribution in [0.5, 0.6) is 11.5 Å². The maximum Gasteiger partial charge on any atom is 0.268 e. The van der Waals surface area contributed by atoms with Crippen LogP contribution in [0.25, 0.3) is 83.4 Å². The fourth-order valence-electron chi connectivity index (χ4n) is 7.88. The third-order valence-electron chi connectivity index (χ3n) is 10.9. The van der Waals surface area contributed by atoms with Gasteiger partial charge in [0.15, 0.2) is 0 Å². The average molecular weight is 1020 g/mol. The van der Waals surface area contributed by atoms with Crippen molar-refractivity contribution in [2.75, 3.05) is 0 Å². The minimum Gasteiger partial charge on any atom is -0.510 e. The Kier molecular flexibility index (Phi) is 7.06. The zero-order valence-electron chi connectivity index (χ0n) is 49.4. The molecule has 0 unspecified atom stereocenters. The minimum absolute atomic E-state index is 0. The van der Waals surface area contributed by atoms with E-state index in [0.29, 0.717) is 17.1 Å². The largest absolute Gasteiger partial charge is 0.510 e. The Morgan fingerprint density at radius 2 is 1.25 bits per heavy atom. The first-order valence-corrected chi connectivity index (χ1v) is 20.1. The number of ether oxygens (including phenoxy) is 1. The summed E-state index contributed by atoms with van der Waals surface area (Å²) in [7, 11) is 0. The van der Waals surface area contributed by atoms with Crippen LogP contribution in [0.2, 0.25) is 0 Å². The molecule has 0 spiro atoms.